The SMILES string of the molecule is CCCNS(=O)(=O)c1ccccc1SC. The molecule has 1 N–H and O–H groups in total. The maximum absolute atomic E-state index is 11.8. The molecular weight excluding hydrogens is 230 g/mol. The van der Waals surface area contributed by atoms with Gasteiger partial charge in [0.15, 0.2) is 0 Å². The van der Waals surface area contributed by atoms with Crippen LogP contribution in [-0.4, -0.2) is 21.2 Å². The quantitative estimate of drug-likeness (QED) is 0.808. The fourth-order valence-electron chi connectivity index (χ4n) is 1.15. The summed E-state index contributed by atoms with van der Waals surface area (Å²) < 4.78 is 26.3. The monoisotopic (exact) mass is 245 g/mol. The molecule has 0 heterocycles. The molecule has 0 saturated carbocycles. The van der Waals surface area contributed by atoms with Gasteiger partial charge in [0, 0.05) is 11.4 Å². The third-order valence-corrected chi connectivity index (χ3v) is 4.34. The van der Waals surface area contributed by atoms with Crippen molar-refractivity contribution >= 4 is 21.8 Å². The van der Waals surface area contributed by atoms with Crippen LogP contribution in [0.5, 0.6) is 0 Å². The van der Waals surface area contributed by atoms with Crippen molar-refractivity contribution in [2.45, 2.75) is 23.1 Å². The van der Waals surface area contributed by atoms with Crippen LogP contribution in [0.25, 0.3) is 0 Å². The highest BCUT2D eigenvalue weighted by atomic mass is 32.2. The minimum absolute atomic E-state index is 0.367. The van der Waals surface area contributed by atoms with Crippen molar-refractivity contribution in [2.75, 3.05) is 12.8 Å². The van der Waals surface area contributed by atoms with Gasteiger partial charge in [-0.2, -0.15) is 0 Å². The molecule has 0 amide bonds. The first-order valence-corrected chi connectivity index (χ1v) is 7.45. The largest absolute Gasteiger partial charge is 0.241 e. The molecular formula is C10H15NO2S2. The summed E-state index contributed by atoms with van der Waals surface area (Å²) in [5, 5.41) is 0. The summed E-state index contributed by atoms with van der Waals surface area (Å²) in [6.45, 7) is 2.41. The Kier molecular flexibility index (Phi) is 4.63. The number of thioether (sulfide) groups is 1. The predicted molar refractivity (Wildman–Crippen MR) is 63.7 cm³/mol. The summed E-state index contributed by atoms with van der Waals surface area (Å²) in [5.41, 5.74) is 0. The second-order valence-electron chi connectivity index (χ2n) is 3.05. The van der Waals surface area contributed by atoms with E-state index in [9.17, 15) is 8.42 Å². The van der Waals surface area contributed by atoms with Gasteiger partial charge in [-0.15, -0.1) is 11.8 Å². The Morgan fingerprint density at radius 2 is 2.00 bits per heavy atom. The average Bonchev–Trinajstić information content (AvgIpc) is 2.26. The summed E-state index contributed by atoms with van der Waals surface area (Å²) in [5.74, 6) is 0. The summed E-state index contributed by atoms with van der Waals surface area (Å²) in [6.07, 6.45) is 2.66. The van der Waals surface area contributed by atoms with E-state index in [4.69, 9.17) is 0 Å². The fourth-order valence-corrected chi connectivity index (χ4v) is 3.44. The van der Waals surface area contributed by atoms with Gasteiger partial charge >= 0.3 is 0 Å². The van der Waals surface area contributed by atoms with Crippen molar-refractivity contribution in [3.8, 4) is 0 Å². The molecule has 5 heteroatoms. The highest BCUT2D eigenvalue weighted by Crippen LogP contribution is 2.23. The minimum Gasteiger partial charge on any atom is -0.211 e. The molecule has 1 aromatic carbocycles. The average molecular weight is 245 g/mol. The molecule has 0 unspecified atom stereocenters. The third-order valence-electron chi connectivity index (χ3n) is 1.90. The zero-order valence-corrected chi connectivity index (χ0v) is 10.5. The molecule has 3 nitrogen and oxygen atoms in total. The Bertz CT molecular complexity index is 415. The zero-order chi connectivity index (χ0) is 11.3. The highest BCUT2D eigenvalue weighted by molar-refractivity contribution is 7.99. The second kappa shape index (κ2) is 5.53. The normalized spacial score (nSPS) is 11.6. The van der Waals surface area contributed by atoms with E-state index in [1.54, 1.807) is 12.1 Å². The van der Waals surface area contributed by atoms with Crippen LogP contribution >= 0.6 is 11.8 Å². The van der Waals surface area contributed by atoms with Gasteiger partial charge in [-0.25, -0.2) is 13.1 Å². The lowest BCUT2D eigenvalue weighted by atomic mass is 10.4. The Morgan fingerprint density at radius 1 is 1.33 bits per heavy atom. The van der Waals surface area contributed by atoms with Crippen LogP contribution in [0.15, 0.2) is 34.1 Å². The Morgan fingerprint density at radius 3 is 2.60 bits per heavy atom. The minimum atomic E-state index is -3.34. The van der Waals surface area contributed by atoms with Gasteiger partial charge in [0.2, 0.25) is 10.0 Å². The van der Waals surface area contributed by atoms with Crippen LogP contribution in [0.1, 0.15) is 13.3 Å². The molecule has 84 valence electrons. The molecule has 0 aliphatic heterocycles. The number of rotatable bonds is 5. The first-order valence-electron chi connectivity index (χ1n) is 4.74. The molecule has 0 aromatic heterocycles. The van der Waals surface area contributed by atoms with Crippen LogP contribution in [-0.2, 0) is 10.0 Å². The molecule has 0 atom stereocenters. The molecule has 15 heavy (non-hydrogen) atoms. The van der Waals surface area contributed by atoms with Crippen molar-refractivity contribution in [2.24, 2.45) is 0 Å². The van der Waals surface area contributed by atoms with E-state index in [0.717, 1.165) is 11.3 Å². The van der Waals surface area contributed by atoms with Gasteiger partial charge in [-0.05, 0) is 24.8 Å². The number of benzene rings is 1. The molecule has 0 aliphatic carbocycles. The van der Waals surface area contributed by atoms with Crippen LogP contribution < -0.4 is 4.72 Å². The van der Waals surface area contributed by atoms with E-state index < -0.39 is 10.0 Å². The molecule has 0 fully saturated rings. The standard InChI is InChI=1S/C10H15NO2S2/c1-3-8-11-15(12,13)10-7-5-4-6-9(10)14-2/h4-7,11H,3,8H2,1-2H3. The second-order valence-corrected chi connectivity index (χ2v) is 5.63. The van der Waals surface area contributed by atoms with Crippen molar-refractivity contribution in [1.82, 2.24) is 4.72 Å². The van der Waals surface area contributed by atoms with E-state index in [2.05, 4.69) is 4.72 Å². The lowest BCUT2D eigenvalue weighted by Crippen LogP contribution is -2.24. The first-order chi connectivity index (χ1) is 7.11. The molecule has 1 rings (SSSR count). The van der Waals surface area contributed by atoms with E-state index >= 15 is 0 Å². The van der Waals surface area contributed by atoms with Crippen molar-refractivity contribution in [3.63, 3.8) is 0 Å². The Balaban J connectivity index is 3.04. The molecule has 0 saturated heterocycles. The first kappa shape index (κ1) is 12.5. The van der Waals surface area contributed by atoms with Gasteiger partial charge in [0.1, 0.15) is 0 Å². The Hall–Kier alpha value is -0.520. The number of nitrogens with one attached hydrogen (secondary N) is 1. The lowest BCUT2D eigenvalue weighted by Gasteiger charge is -2.08. The van der Waals surface area contributed by atoms with E-state index in [1.165, 1.54) is 11.8 Å². The predicted octanol–water partition coefficient (Wildman–Crippen LogP) is 2.10. The van der Waals surface area contributed by atoms with Crippen molar-refractivity contribution in [3.05, 3.63) is 24.3 Å². The molecule has 0 bridgehead atoms. The van der Waals surface area contributed by atoms with E-state index in [0.29, 0.717) is 11.4 Å². The van der Waals surface area contributed by atoms with Crippen LogP contribution in [0.4, 0.5) is 0 Å². The van der Waals surface area contributed by atoms with Gasteiger partial charge in [0.25, 0.3) is 0 Å². The van der Waals surface area contributed by atoms with Gasteiger partial charge in [0.05, 0.1) is 4.90 Å². The van der Waals surface area contributed by atoms with Crippen molar-refractivity contribution in [1.29, 1.82) is 0 Å². The highest BCUT2D eigenvalue weighted by Gasteiger charge is 2.16. The molecule has 0 spiro atoms. The fraction of sp³-hybridized carbons (Fsp3) is 0.400. The maximum Gasteiger partial charge on any atom is 0.241 e. The number of hydrogen-bond donors (Lipinski definition) is 1. The summed E-state index contributed by atoms with van der Waals surface area (Å²) in [6, 6.07) is 7.01. The topological polar surface area (TPSA) is 46.2 Å². The van der Waals surface area contributed by atoms with Crippen LogP contribution in [0.2, 0.25) is 0 Å². The van der Waals surface area contributed by atoms with Gasteiger partial charge in [-0.1, -0.05) is 19.1 Å². The molecule has 1 aromatic rings. The number of sulfonamides is 1. The lowest BCUT2D eigenvalue weighted by molar-refractivity contribution is 0.578. The molecule has 0 radical (unpaired) electrons. The third kappa shape index (κ3) is 3.22. The summed E-state index contributed by atoms with van der Waals surface area (Å²) >= 11 is 1.44. The van der Waals surface area contributed by atoms with E-state index in [1.807, 2.05) is 25.3 Å². The van der Waals surface area contributed by atoms with E-state index in [-0.39, 0.29) is 0 Å². The summed E-state index contributed by atoms with van der Waals surface area (Å²) in [7, 11) is -3.34. The van der Waals surface area contributed by atoms with Crippen LogP contribution in [0, 0.1) is 0 Å². The molecule has 0 aliphatic rings. The maximum atomic E-state index is 11.8. The van der Waals surface area contributed by atoms with Gasteiger partial charge in [-0.3, -0.25) is 0 Å². The number of hydrogen-bond acceptors (Lipinski definition) is 3. The zero-order valence-electron chi connectivity index (χ0n) is 8.86. The van der Waals surface area contributed by atoms with Crippen LogP contribution in [0.3, 0.4) is 0 Å². The van der Waals surface area contributed by atoms with Crippen molar-refractivity contribution < 1.29 is 8.42 Å². The Labute approximate surface area is 95.3 Å². The smallest absolute Gasteiger partial charge is 0.211 e. The van der Waals surface area contributed by atoms with Gasteiger partial charge < -0.3 is 0 Å². The summed E-state index contributed by atoms with van der Waals surface area (Å²) in [4.78, 5) is 1.15.